The van der Waals surface area contributed by atoms with Gasteiger partial charge in [-0.15, -0.1) is 0 Å². The molecule has 3 nitrogen and oxygen atoms in total. The highest BCUT2D eigenvalue weighted by Gasteiger charge is 2.12. The molecule has 100 valence electrons. The fraction of sp³-hybridized carbons (Fsp3) is 0.267. The highest BCUT2D eigenvalue weighted by Crippen LogP contribution is 2.20. The lowest BCUT2D eigenvalue weighted by atomic mass is 10.1. The number of thiophene rings is 1. The van der Waals surface area contributed by atoms with E-state index in [-0.39, 0.29) is 6.04 Å². The van der Waals surface area contributed by atoms with Crippen LogP contribution in [0.3, 0.4) is 0 Å². The van der Waals surface area contributed by atoms with Crippen LogP contribution in [0.25, 0.3) is 0 Å². The first-order valence-corrected chi connectivity index (χ1v) is 7.12. The number of rotatable bonds is 5. The van der Waals surface area contributed by atoms with Gasteiger partial charge in [0.05, 0.1) is 5.56 Å². The van der Waals surface area contributed by atoms with Gasteiger partial charge in [-0.2, -0.15) is 11.3 Å². The molecule has 1 aromatic carbocycles. The van der Waals surface area contributed by atoms with Crippen LogP contribution in [0.5, 0.6) is 0 Å². The highest BCUT2D eigenvalue weighted by molar-refractivity contribution is 7.07. The summed E-state index contributed by atoms with van der Waals surface area (Å²) in [5.41, 5.74) is 3.34. The molecule has 0 saturated carbocycles. The number of carboxylic acids is 1. The van der Waals surface area contributed by atoms with E-state index >= 15 is 0 Å². The SMILES string of the molecule is Cc1ccc(C(=O)O)c(NC(C)Cc2ccsc2)c1. The zero-order valence-electron chi connectivity index (χ0n) is 11.0. The first kappa shape index (κ1) is 13.6. The first-order valence-electron chi connectivity index (χ1n) is 6.18. The van der Waals surface area contributed by atoms with Crippen LogP contribution in [0.1, 0.15) is 28.4 Å². The Morgan fingerprint density at radius 1 is 1.42 bits per heavy atom. The molecule has 2 aromatic rings. The highest BCUT2D eigenvalue weighted by atomic mass is 32.1. The van der Waals surface area contributed by atoms with E-state index in [1.165, 1.54) is 5.56 Å². The number of carboxylic acid groups (broad SMARTS) is 1. The molecule has 0 amide bonds. The van der Waals surface area contributed by atoms with Crippen molar-refractivity contribution in [2.24, 2.45) is 0 Å². The second kappa shape index (κ2) is 5.89. The number of benzene rings is 1. The molecule has 4 heteroatoms. The lowest BCUT2D eigenvalue weighted by Gasteiger charge is -2.17. The molecule has 0 aliphatic heterocycles. The normalized spacial score (nSPS) is 12.1. The Balaban J connectivity index is 2.13. The van der Waals surface area contributed by atoms with Crippen molar-refractivity contribution in [3.8, 4) is 0 Å². The Morgan fingerprint density at radius 2 is 2.21 bits per heavy atom. The fourth-order valence-corrected chi connectivity index (χ4v) is 2.72. The second-order valence-corrected chi connectivity index (χ2v) is 5.52. The van der Waals surface area contributed by atoms with Crippen LogP contribution >= 0.6 is 11.3 Å². The van der Waals surface area contributed by atoms with Gasteiger partial charge in [0.25, 0.3) is 0 Å². The molecular weight excluding hydrogens is 258 g/mol. The minimum atomic E-state index is -0.898. The smallest absolute Gasteiger partial charge is 0.337 e. The Labute approximate surface area is 116 Å². The van der Waals surface area contributed by atoms with Crippen LogP contribution in [0, 0.1) is 6.92 Å². The van der Waals surface area contributed by atoms with Crippen LogP contribution in [-0.4, -0.2) is 17.1 Å². The molecule has 1 unspecified atom stereocenters. The Kier molecular flexibility index (Phi) is 4.22. The van der Waals surface area contributed by atoms with Gasteiger partial charge in [0.15, 0.2) is 0 Å². The molecule has 19 heavy (non-hydrogen) atoms. The summed E-state index contributed by atoms with van der Waals surface area (Å²) in [4.78, 5) is 11.2. The van der Waals surface area contributed by atoms with Crippen LogP contribution in [0.15, 0.2) is 35.0 Å². The molecule has 0 spiro atoms. The molecule has 2 rings (SSSR count). The quantitative estimate of drug-likeness (QED) is 0.872. The average Bonchev–Trinajstić information content (AvgIpc) is 2.81. The predicted molar refractivity (Wildman–Crippen MR) is 79.2 cm³/mol. The minimum absolute atomic E-state index is 0.189. The zero-order valence-corrected chi connectivity index (χ0v) is 11.8. The lowest BCUT2D eigenvalue weighted by Crippen LogP contribution is -2.19. The van der Waals surface area contributed by atoms with Crippen molar-refractivity contribution in [3.05, 3.63) is 51.7 Å². The summed E-state index contributed by atoms with van der Waals surface area (Å²) < 4.78 is 0. The van der Waals surface area contributed by atoms with E-state index in [1.54, 1.807) is 17.4 Å². The molecule has 1 aromatic heterocycles. The molecule has 0 saturated heterocycles. The van der Waals surface area contributed by atoms with E-state index in [1.807, 2.05) is 19.1 Å². The largest absolute Gasteiger partial charge is 0.478 e. The number of anilines is 1. The molecular formula is C15H17NO2S. The molecule has 1 heterocycles. The average molecular weight is 275 g/mol. The van der Waals surface area contributed by atoms with Gasteiger partial charge in [-0.25, -0.2) is 4.79 Å². The molecule has 0 radical (unpaired) electrons. The van der Waals surface area contributed by atoms with Crippen LogP contribution in [-0.2, 0) is 6.42 Å². The van der Waals surface area contributed by atoms with Crippen LogP contribution in [0.2, 0.25) is 0 Å². The number of nitrogens with one attached hydrogen (secondary N) is 1. The topological polar surface area (TPSA) is 49.3 Å². The number of carbonyl (C=O) groups is 1. The van der Waals surface area contributed by atoms with Crippen molar-refractivity contribution < 1.29 is 9.90 Å². The summed E-state index contributed by atoms with van der Waals surface area (Å²) in [6.45, 7) is 4.02. The summed E-state index contributed by atoms with van der Waals surface area (Å²) in [6.07, 6.45) is 0.885. The number of hydrogen-bond acceptors (Lipinski definition) is 3. The van der Waals surface area contributed by atoms with E-state index in [0.29, 0.717) is 11.3 Å². The third-order valence-corrected chi connectivity index (χ3v) is 3.66. The van der Waals surface area contributed by atoms with E-state index < -0.39 is 5.97 Å². The van der Waals surface area contributed by atoms with Crippen molar-refractivity contribution in [2.45, 2.75) is 26.3 Å². The van der Waals surface area contributed by atoms with Crippen molar-refractivity contribution >= 4 is 23.0 Å². The van der Waals surface area contributed by atoms with Crippen molar-refractivity contribution in [1.29, 1.82) is 0 Å². The monoisotopic (exact) mass is 275 g/mol. The lowest BCUT2D eigenvalue weighted by molar-refractivity contribution is 0.0698. The van der Waals surface area contributed by atoms with Gasteiger partial charge < -0.3 is 10.4 Å². The van der Waals surface area contributed by atoms with Crippen molar-refractivity contribution in [2.75, 3.05) is 5.32 Å². The summed E-state index contributed by atoms with van der Waals surface area (Å²) in [6, 6.07) is 7.63. The fourth-order valence-electron chi connectivity index (χ4n) is 2.04. The predicted octanol–water partition coefficient (Wildman–Crippen LogP) is 3.80. The molecule has 1 atom stereocenters. The number of aromatic carboxylic acids is 1. The maximum Gasteiger partial charge on any atom is 0.337 e. The summed E-state index contributed by atoms with van der Waals surface area (Å²) >= 11 is 1.68. The van der Waals surface area contributed by atoms with Gasteiger partial charge in [0, 0.05) is 11.7 Å². The molecule has 2 N–H and O–H groups in total. The molecule has 0 aliphatic rings. The van der Waals surface area contributed by atoms with Crippen molar-refractivity contribution in [3.63, 3.8) is 0 Å². The Bertz CT molecular complexity index is 564. The number of aryl methyl sites for hydroxylation is 1. The van der Waals surface area contributed by atoms with Gasteiger partial charge in [-0.3, -0.25) is 0 Å². The third-order valence-electron chi connectivity index (χ3n) is 2.93. The summed E-state index contributed by atoms with van der Waals surface area (Å²) in [5.74, 6) is -0.898. The zero-order chi connectivity index (χ0) is 13.8. The second-order valence-electron chi connectivity index (χ2n) is 4.74. The maximum absolute atomic E-state index is 11.2. The standard InChI is InChI=1S/C15H17NO2S/c1-10-3-4-13(15(17)18)14(7-10)16-11(2)8-12-5-6-19-9-12/h3-7,9,11,16H,8H2,1-2H3,(H,17,18). The summed E-state index contributed by atoms with van der Waals surface area (Å²) in [5, 5.41) is 16.7. The molecule has 0 aliphatic carbocycles. The van der Waals surface area contributed by atoms with Crippen LogP contribution in [0.4, 0.5) is 5.69 Å². The van der Waals surface area contributed by atoms with Crippen LogP contribution < -0.4 is 5.32 Å². The van der Waals surface area contributed by atoms with E-state index in [4.69, 9.17) is 0 Å². The minimum Gasteiger partial charge on any atom is -0.478 e. The van der Waals surface area contributed by atoms with E-state index in [0.717, 1.165) is 12.0 Å². The van der Waals surface area contributed by atoms with E-state index in [9.17, 15) is 9.90 Å². The van der Waals surface area contributed by atoms with Gasteiger partial charge >= 0.3 is 5.97 Å². The molecule has 0 bridgehead atoms. The third kappa shape index (κ3) is 3.58. The van der Waals surface area contributed by atoms with Gasteiger partial charge in [0.2, 0.25) is 0 Å². The Morgan fingerprint density at radius 3 is 2.84 bits per heavy atom. The van der Waals surface area contributed by atoms with Gasteiger partial charge in [-0.05, 0) is 60.4 Å². The Hall–Kier alpha value is -1.81. The number of hydrogen-bond donors (Lipinski definition) is 2. The summed E-state index contributed by atoms with van der Waals surface area (Å²) in [7, 11) is 0. The van der Waals surface area contributed by atoms with Gasteiger partial charge in [-0.1, -0.05) is 6.07 Å². The van der Waals surface area contributed by atoms with Crippen molar-refractivity contribution in [1.82, 2.24) is 0 Å². The van der Waals surface area contributed by atoms with Gasteiger partial charge in [0.1, 0.15) is 0 Å². The maximum atomic E-state index is 11.2. The van der Waals surface area contributed by atoms with E-state index in [2.05, 4.69) is 29.1 Å². The molecule has 0 fully saturated rings. The first-order chi connectivity index (χ1) is 9.06.